The van der Waals surface area contributed by atoms with Gasteiger partial charge in [-0.15, -0.1) is 0 Å². The van der Waals surface area contributed by atoms with Crippen LogP contribution in [0.4, 0.5) is 0 Å². The summed E-state index contributed by atoms with van der Waals surface area (Å²) in [4.78, 5) is 0. The topological polar surface area (TPSA) is 45.8 Å². The van der Waals surface area contributed by atoms with Crippen molar-refractivity contribution < 1.29 is 4.57 Å². The molecule has 0 aliphatic rings. The summed E-state index contributed by atoms with van der Waals surface area (Å²) in [5.41, 5.74) is 8.38. The molecule has 0 unspecified atom stereocenters. The molecule has 4 heteroatoms. The van der Waals surface area contributed by atoms with E-state index in [1.807, 2.05) is 78.9 Å². The molecule has 0 radical (unpaired) electrons. The van der Waals surface area contributed by atoms with E-state index in [1.165, 1.54) is 5.56 Å². The first kappa shape index (κ1) is 32.7. The molecule has 0 atom stereocenters. The van der Waals surface area contributed by atoms with Crippen molar-refractivity contribution in [3.8, 4) is 34.0 Å². The van der Waals surface area contributed by atoms with Gasteiger partial charge in [-0.3, -0.25) is 0 Å². The molecule has 10 aromatic rings. The lowest BCUT2D eigenvalue weighted by Gasteiger charge is -2.21. The van der Waals surface area contributed by atoms with Crippen LogP contribution in [-0.2, 0) is 4.57 Å². The Hall–Kier alpha value is -6.98. The third kappa shape index (κ3) is 5.23. The molecule has 10 rings (SSSR count). The highest BCUT2D eigenvalue weighted by Gasteiger charge is 2.29. The molecule has 0 amide bonds. The van der Waals surface area contributed by atoms with Gasteiger partial charge in [-0.1, -0.05) is 158 Å². The number of nitrogens with zero attached hydrogens (tertiary/aromatic N) is 2. The van der Waals surface area contributed by atoms with Crippen molar-refractivity contribution >= 4 is 66.4 Å². The van der Waals surface area contributed by atoms with Crippen LogP contribution >= 0.6 is 7.14 Å². The van der Waals surface area contributed by atoms with E-state index in [9.17, 15) is 5.26 Å². The van der Waals surface area contributed by atoms with Crippen LogP contribution in [0.1, 0.15) is 5.56 Å². The average molecular weight is 721 g/mol. The van der Waals surface area contributed by atoms with E-state index in [2.05, 4.69) is 132 Å². The lowest BCUT2D eigenvalue weighted by molar-refractivity contribution is 0.592. The Morgan fingerprint density at radius 3 is 1.35 bits per heavy atom. The average Bonchev–Trinajstić information content (AvgIpc) is 3.59. The molecule has 9 aromatic carbocycles. The second-order valence-electron chi connectivity index (χ2n) is 13.9. The molecule has 258 valence electrons. The van der Waals surface area contributed by atoms with Gasteiger partial charge in [0.15, 0.2) is 7.14 Å². The molecule has 0 fully saturated rings. The summed E-state index contributed by atoms with van der Waals surface area (Å²) < 4.78 is 17.5. The minimum atomic E-state index is -3.11. The molecule has 0 saturated heterocycles. The zero-order valence-corrected chi connectivity index (χ0v) is 30.7. The molecule has 1 aromatic heterocycles. The summed E-state index contributed by atoms with van der Waals surface area (Å²) in [6, 6.07) is 70.8. The van der Waals surface area contributed by atoms with Crippen LogP contribution in [0, 0.1) is 11.3 Å². The third-order valence-corrected chi connectivity index (χ3v) is 14.0. The highest BCUT2D eigenvalue weighted by molar-refractivity contribution is 7.85. The number of rotatable bonds is 6. The first-order valence-electron chi connectivity index (χ1n) is 18.4. The van der Waals surface area contributed by atoms with E-state index >= 15 is 4.57 Å². The fraction of sp³-hybridized carbons (Fsp3) is 0. The largest absolute Gasteiger partial charge is 0.309 e. The minimum absolute atomic E-state index is 0.639. The smallest absolute Gasteiger partial charge is 0.171 e. The predicted molar refractivity (Wildman–Crippen MR) is 231 cm³/mol. The third-order valence-electron chi connectivity index (χ3n) is 10.9. The van der Waals surface area contributed by atoms with Crippen LogP contribution in [0.5, 0.6) is 0 Å². The van der Waals surface area contributed by atoms with Crippen LogP contribution in [0.2, 0.25) is 0 Å². The number of para-hydroxylation sites is 1. The SMILES string of the molecule is N#Cc1ccc2c(c1)c1cc(-c3c4ccccc4c(-c4ccc(P(=O)(c5ccccc5)c5ccccc5)cc4)c4ccccc34)ccc1n2-c1ccccc1. The first-order chi connectivity index (χ1) is 27.1. The van der Waals surface area contributed by atoms with Gasteiger partial charge in [0.05, 0.1) is 22.7 Å². The Labute approximate surface area is 319 Å². The van der Waals surface area contributed by atoms with E-state index in [-0.39, 0.29) is 0 Å². The van der Waals surface area contributed by atoms with E-state index in [1.54, 1.807) is 0 Å². The van der Waals surface area contributed by atoms with Gasteiger partial charge in [0, 0.05) is 32.4 Å². The van der Waals surface area contributed by atoms with Crippen LogP contribution in [0.15, 0.2) is 200 Å². The van der Waals surface area contributed by atoms with Crippen molar-refractivity contribution in [1.82, 2.24) is 4.57 Å². The monoisotopic (exact) mass is 720 g/mol. The van der Waals surface area contributed by atoms with Gasteiger partial charge in [-0.25, -0.2) is 0 Å². The summed E-state index contributed by atoms with van der Waals surface area (Å²) in [6.07, 6.45) is 0. The second kappa shape index (κ2) is 13.2. The molecule has 0 bridgehead atoms. The van der Waals surface area contributed by atoms with Crippen molar-refractivity contribution in [2.24, 2.45) is 0 Å². The number of nitriles is 1. The zero-order valence-electron chi connectivity index (χ0n) is 29.8. The molecule has 0 N–H and O–H groups in total. The summed E-state index contributed by atoms with van der Waals surface area (Å²) in [6.45, 7) is 0. The highest BCUT2D eigenvalue weighted by atomic mass is 31.2. The quantitative estimate of drug-likeness (QED) is 0.127. The Balaban J connectivity index is 1.19. The van der Waals surface area contributed by atoms with E-state index in [0.717, 1.165) is 81.6 Å². The molecule has 3 nitrogen and oxygen atoms in total. The van der Waals surface area contributed by atoms with Gasteiger partial charge in [-0.2, -0.15) is 5.26 Å². The molecule has 1 heterocycles. The first-order valence-corrected chi connectivity index (χ1v) is 20.1. The number of benzene rings is 9. The predicted octanol–water partition coefficient (Wildman–Crippen LogP) is 11.9. The maximum Gasteiger partial charge on any atom is 0.171 e. The maximum atomic E-state index is 15.2. The standard InChI is InChI=1S/C51H33N2OP/c52-34-35-24-30-48-46(32-35)47-33-37(27-31-49(47)53(48)38-14-4-1-5-15-38)51-44-22-12-10-20-42(44)50(43-21-11-13-23-45(43)51)36-25-28-41(29-26-36)55(54,39-16-6-2-7-17-39)40-18-8-3-9-19-40/h1-33H. The molecule has 0 aliphatic carbocycles. The van der Waals surface area contributed by atoms with Gasteiger partial charge in [0.25, 0.3) is 0 Å². The van der Waals surface area contributed by atoms with Crippen molar-refractivity contribution in [1.29, 1.82) is 5.26 Å². The molecule has 0 aliphatic heterocycles. The summed E-state index contributed by atoms with van der Waals surface area (Å²) in [5.74, 6) is 0. The van der Waals surface area contributed by atoms with Crippen molar-refractivity contribution in [2.75, 3.05) is 0 Å². The molecule has 55 heavy (non-hydrogen) atoms. The van der Waals surface area contributed by atoms with Gasteiger partial charge in [0.1, 0.15) is 0 Å². The van der Waals surface area contributed by atoms with Gasteiger partial charge < -0.3 is 9.13 Å². The Morgan fingerprint density at radius 2 is 0.818 bits per heavy atom. The number of aromatic nitrogens is 1. The second-order valence-corrected chi connectivity index (χ2v) is 16.7. The van der Waals surface area contributed by atoms with Gasteiger partial charge in [-0.05, 0) is 86.3 Å². The van der Waals surface area contributed by atoms with Gasteiger partial charge in [0.2, 0.25) is 0 Å². The summed E-state index contributed by atoms with van der Waals surface area (Å²) >= 11 is 0. The Morgan fingerprint density at radius 1 is 0.400 bits per heavy atom. The summed E-state index contributed by atoms with van der Waals surface area (Å²) in [5, 5.41) is 19.1. The Kier molecular flexibility index (Phi) is 7.81. The van der Waals surface area contributed by atoms with Crippen LogP contribution in [0.3, 0.4) is 0 Å². The van der Waals surface area contributed by atoms with Crippen molar-refractivity contribution in [3.63, 3.8) is 0 Å². The number of fused-ring (bicyclic) bond motifs is 5. The molecular formula is C51H33N2OP. The van der Waals surface area contributed by atoms with Gasteiger partial charge >= 0.3 is 0 Å². The zero-order chi connectivity index (χ0) is 36.9. The Bertz CT molecular complexity index is 3060. The number of hydrogen-bond donors (Lipinski definition) is 0. The van der Waals surface area contributed by atoms with E-state index in [4.69, 9.17) is 0 Å². The lowest BCUT2D eigenvalue weighted by atomic mass is 9.86. The van der Waals surface area contributed by atoms with Crippen LogP contribution in [0.25, 0.3) is 71.3 Å². The van der Waals surface area contributed by atoms with Crippen LogP contribution in [-0.4, -0.2) is 4.57 Å². The highest BCUT2D eigenvalue weighted by Crippen LogP contribution is 2.46. The molecule has 0 spiro atoms. The number of hydrogen-bond acceptors (Lipinski definition) is 2. The fourth-order valence-electron chi connectivity index (χ4n) is 8.42. The molecular weight excluding hydrogens is 688 g/mol. The van der Waals surface area contributed by atoms with Crippen molar-refractivity contribution in [2.45, 2.75) is 0 Å². The molecule has 0 saturated carbocycles. The maximum absolute atomic E-state index is 15.2. The van der Waals surface area contributed by atoms with E-state index in [0.29, 0.717) is 5.56 Å². The van der Waals surface area contributed by atoms with Crippen molar-refractivity contribution in [3.05, 3.63) is 206 Å². The fourth-order valence-corrected chi connectivity index (χ4v) is 11.1. The summed E-state index contributed by atoms with van der Waals surface area (Å²) in [7, 11) is -3.11. The minimum Gasteiger partial charge on any atom is -0.309 e. The normalized spacial score (nSPS) is 11.7. The van der Waals surface area contributed by atoms with Crippen LogP contribution < -0.4 is 15.9 Å². The van der Waals surface area contributed by atoms with E-state index < -0.39 is 7.14 Å². The lowest BCUT2D eigenvalue weighted by Crippen LogP contribution is -2.24.